The third-order valence-corrected chi connectivity index (χ3v) is 3.18. The molecule has 4 heteroatoms. The number of benzene rings is 2. The minimum absolute atomic E-state index is 0.216. The Hall–Kier alpha value is -1.97. The van der Waals surface area contributed by atoms with E-state index in [1.807, 2.05) is 24.3 Å². The molecule has 18 heavy (non-hydrogen) atoms. The molecule has 0 spiro atoms. The van der Waals surface area contributed by atoms with E-state index in [0.29, 0.717) is 12.0 Å². The summed E-state index contributed by atoms with van der Waals surface area (Å²) in [6.07, 6.45) is 0.640. The van der Waals surface area contributed by atoms with Gasteiger partial charge in [0, 0.05) is 5.69 Å². The lowest BCUT2D eigenvalue weighted by atomic mass is 10.0. The van der Waals surface area contributed by atoms with Crippen molar-refractivity contribution in [2.75, 3.05) is 5.32 Å². The Morgan fingerprint density at radius 3 is 2.33 bits per heavy atom. The fourth-order valence-electron chi connectivity index (χ4n) is 2.28. The molecule has 0 bridgehead atoms. The summed E-state index contributed by atoms with van der Waals surface area (Å²) in [5.74, 6) is -3.72. The summed E-state index contributed by atoms with van der Waals surface area (Å²) in [7, 11) is 0. The summed E-state index contributed by atoms with van der Waals surface area (Å²) in [5.41, 5.74) is 2.46. The number of rotatable bonds is 1. The zero-order valence-electron chi connectivity index (χ0n) is 9.38. The van der Waals surface area contributed by atoms with E-state index in [2.05, 4.69) is 5.32 Å². The second-order valence-electron chi connectivity index (χ2n) is 4.36. The number of fused-ring (bicyclic) bond motifs is 1. The third-order valence-electron chi connectivity index (χ3n) is 3.18. The van der Waals surface area contributed by atoms with Gasteiger partial charge in [0.1, 0.15) is 0 Å². The van der Waals surface area contributed by atoms with Crippen LogP contribution in [0.15, 0.2) is 36.4 Å². The number of para-hydroxylation sites is 1. The first-order chi connectivity index (χ1) is 8.65. The molecular weight excluding hydrogens is 239 g/mol. The van der Waals surface area contributed by atoms with Gasteiger partial charge in [-0.3, -0.25) is 0 Å². The highest BCUT2D eigenvalue weighted by molar-refractivity contribution is 5.58. The molecule has 1 aliphatic heterocycles. The molecule has 0 aliphatic carbocycles. The predicted octanol–water partition coefficient (Wildman–Crippen LogP) is 3.81. The lowest BCUT2D eigenvalue weighted by Gasteiger charge is -2.12. The van der Waals surface area contributed by atoms with Gasteiger partial charge in [-0.1, -0.05) is 18.2 Å². The molecule has 0 aromatic heterocycles. The predicted molar refractivity (Wildman–Crippen MR) is 62.8 cm³/mol. The van der Waals surface area contributed by atoms with Crippen molar-refractivity contribution in [2.45, 2.75) is 12.5 Å². The first-order valence-electron chi connectivity index (χ1n) is 5.64. The van der Waals surface area contributed by atoms with Crippen LogP contribution < -0.4 is 5.32 Å². The number of nitrogens with one attached hydrogen (secondary N) is 1. The van der Waals surface area contributed by atoms with E-state index >= 15 is 0 Å². The van der Waals surface area contributed by atoms with Crippen molar-refractivity contribution in [3.8, 4) is 0 Å². The topological polar surface area (TPSA) is 12.0 Å². The van der Waals surface area contributed by atoms with Gasteiger partial charge in [0.25, 0.3) is 0 Å². The molecule has 0 saturated heterocycles. The van der Waals surface area contributed by atoms with E-state index in [0.717, 1.165) is 23.4 Å². The Morgan fingerprint density at radius 2 is 1.67 bits per heavy atom. The van der Waals surface area contributed by atoms with Gasteiger partial charge in [0.05, 0.1) is 6.04 Å². The maximum Gasteiger partial charge on any atom is 0.194 e. The van der Waals surface area contributed by atoms with Crippen LogP contribution in [0.3, 0.4) is 0 Å². The highest BCUT2D eigenvalue weighted by Crippen LogP contribution is 2.34. The Labute approximate surface area is 102 Å². The van der Waals surface area contributed by atoms with Crippen LogP contribution in [-0.4, -0.2) is 0 Å². The summed E-state index contributed by atoms with van der Waals surface area (Å²) < 4.78 is 39.2. The minimum atomic E-state index is -1.42. The standard InChI is InChI=1S/C14H10F3N/c15-10-5-9(6-11(16)14(10)17)13-7-8-3-1-2-4-12(8)18-13/h1-6,13,18H,7H2. The lowest BCUT2D eigenvalue weighted by molar-refractivity contribution is 0.444. The van der Waals surface area contributed by atoms with Crippen LogP contribution >= 0.6 is 0 Å². The summed E-state index contributed by atoms with van der Waals surface area (Å²) in [5, 5.41) is 3.17. The number of anilines is 1. The molecule has 0 amide bonds. The molecule has 1 heterocycles. The monoisotopic (exact) mass is 249 g/mol. The van der Waals surface area contributed by atoms with Crippen LogP contribution in [0.5, 0.6) is 0 Å². The number of hydrogen-bond acceptors (Lipinski definition) is 1. The zero-order valence-corrected chi connectivity index (χ0v) is 9.38. The van der Waals surface area contributed by atoms with Crippen molar-refractivity contribution < 1.29 is 13.2 Å². The maximum atomic E-state index is 13.2. The van der Waals surface area contributed by atoms with Crippen LogP contribution in [0.2, 0.25) is 0 Å². The van der Waals surface area contributed by atoms with E-state index in [1.165, 1.54) is 0 Å². The summed E-state index contributed by atoms with van der Waals surface area (Å²) in [6.45, 7) is 0. The van der Waals surface area contributed by atoms with Crippen LogP contribution in [0.4, 0.5) is 18.9 Å². The van der Waals surface area contributed by atoms with Crippen molar-refractivity contribution in [1.29, 1.82) is 0 Å². The molecule has 2 aromatic carbocycles. The molecule has 0 radical (unpaired) electrons. The van der Waals surface area contributed by atoms with Crippen molar-refractivity contribution in [2.24, 2.45) is 0 Å². The lowest BCUT2D eigenvalue weighted by Crippen LogP contribution is -2.07. The summed E-state index contributed by atoms with van der Waals surface area (Å²) >= 11 is 0. The average molecular weight is 249 g/mol. The first-order valence-corrected chi connectivity index (χ1v) is 5.64. The Bertz CT molecular complexity index is 562. The van der Waals surface area contributed by atoms with Gasteiger partial charge >= 0.3 is 0 Å². The smallest absolute Gasteiger partial charge is 0.194 e. The van der Waals surface area contributed by atoms with Gasteiger partial charge in [-0.25, -0.2) is 13.2 Å². The van der Waals surface area contributed by atoms with Crippen molar-refractivity contribution in [3.05, 3.63) is 65.0 Å². The molecule has 1 N–H and O–H groups in total. The van der Waals surface area contributed by atoms with E-state index in [-0.39, 0.29) is 6.04 Å². The van der Waals surface area contributed by atoms with Crippen molar-refractivity contribution in [1.82, 2.24) is 0 Å². The molecule has 1 aliphatic rings. The summed E-state index contributed by atoms with van der Waals surface area (Å²) in [4.78, 5) is 0. The van der Waals surface area contributed by atoms with E-state index in [9.17, 15) is 13.2 Å². The summed E-state index contributed by atoms with van der Waals surface area (Å²) in [6, 6.07) is 9.54. The molecule has 1 unspecified atom stereocenters. The fourth-order valence-corrected chi connectivity index (χ4v) is 2.28. The van der Waals surface area contributed by atoms with E-state index in [4.69, 9.17) is 0 Å². The molecule has 0 fully saturated rings. The molecule has 1 nitrogen and oxygen atoms in total. The molecule has 3 rings (SSSR count). The van der Waals surface area contributed by atoms with Crippen LogP contribution in [0, 0.1) is 17.5 Å². The van der Waals surface area contributed by atoms with Crippen molar-refractivity contribution in [3.63, 3.8) is 0 Å². The van der Waals surface area contributed by atoms with Gasteiger partial charge in [0.15, 0.2) is 17.5 Å². The average Bonchev–Trinajstić information content (AvgIpc) is 2.79. The maximum absolute atomic E-state index is 13.2. The quantitative estimate of drug-likeness (QED) is 0.758. The van der Waals surface area contributed by atoms with Crippen LogP contribution in [-0.2, 0) is 6.42 Å². The van der Waals surface area contributed by atoms with Crippen LogP contribution in [0.1, 0.15) is 17.2 Å². The molecule has 92 valence electrons. The Kier molecular flexibility index (Phi) is 2.51. The largest absolute Gasteiger partial charge is 0.378 e. The van der Waals surface area contributed by atoms with Gasteiger partial charge in [-0.2, -0.15) is 0 Å². The van der Waals surface area contributed by atoms with E-state index in [1.54, 1.807) is 0 Å². The van der Waals surface area contributed by atoms with Crippen molar-refractivity contribution >= 4 is 5.69 Å². The number of halogens is 3. The SMILES string of the molecule is Fc1cc(C2Cc3ccccc3N2)cc(F)c1F. The second-order valence-corrected chi connectivity index (χ2v) is 4.36. The van der Waals surface area contributed by atoms with Gasteiger partial charge < -0.3 is 5.32 Å². The number of hydrogen-bond donors (Lipinski definition) is 1. The highest BCUT2D eigenvalue weighted by atomic mass is 19.2. The first kappa shape index (κ1) is 11.1. The van der Waals surface area contributed by atoms with E-state index < -0.39 is 17.5 Å². The Morgan fingerprint density at radius 1 is 1.00 bits per heavy atom. The Balaban J connectivity index is 1.95. The van der Waals surface area contributed by atoms with Gasteiger partial charge in [-0.05, 0) is 35.7 Å². The van der Waals surface area contributed by atoms with Gasteiger partial charge in [0.2, 0.25) is 0 Å². The molecular formula is C14H10F3N. The minimum Gasteiger partial charge on any atom is -0.378 e. The normalized spacial score (nSPS) is 17.4. The fraction of sp³-hybridized carbons (Fsp3) is 0.143. The third kappa shape index (κ3) is 1.74. The highest BCUT2D eigenvalue weighted by Gasteiger charge is 2.23. The molecule has 1 atom stereocenters. The van der Waals surface area contributed by atoms with Gasteiger partial charge in [-0.15, -0.1) is 0 Å². The molecule has 2 aromatic rings. The second kappa shape index (κ2) is 4.05. The molecule has 0 saturated carbocycles. The zero-order chi connectivity index (χ0) is 12.7. The van der Waals surface area contributed by atoms with Crippen LogP contribution in [0.25, 0.3) is 0 Å².